The minimum atomic E-state index is -0.898. The minimum Gasteiger partial charge on any atom is -0.487 e. The zero-order chi connectivity index (χ0) is 21.3. The van der Waals surface area contributed by atoms with Gasteiger partial charge in [0.2, 0.25) is 5.88 Å². The highest BCUT2D eigenvalue weighted by molar-refractivity contribution is 5.90. The molecule has 30 heavy (non-hydrogen) atoms. The smallest absolute Gasteiger partial charge is 0.337 e. The van der Waals surface area contributed by atoms with Crippen molar-refractivity contribution in [3.63, 3.8) is 0 Å². The second kappa shape index (κ2) is 10.3. The van der Waals surface area contributed by atoms with Crippen LogP contribution in [0.1, 0.15) is 27.6 Å². The predicted molar refractivity (Wildman–Crippen MR) is 110 cm³/mol. The summed E-state index contributed by atoms with van der Waals surface area (Å²) in [7, 11) is 2.84. The molecule has 7 heteroatoms. The van der Waals surface area contributed by atoms with Crippen molar-refractivity contribution in [1.29, 1.82) is 0 Å². The van der Waals surface area contributed by atoms with Crippen molar-refractivity contribution in [1.82, 2.24) is 4.98 Å². The molecule has 7 nitrogen and oxygen atoms in total. The summed E-state index contributed by atoms with van der Waals surface area (Å²) in [5.41, 5.74) is 1.90. The highest BCUT2D eigenvalue weighted by Gasteiger charge is 2.15. The first-order valence-electron chi connectivity index (χ1n) is 9.30. The Kier molecular flexibility index (Phi) is 7.24. The van der Waals surface area contributed by atoms with Gasteiger partial charge in [-0.1, -0.05) is 30.3 Å². The van der Waals surface area contributed by atoms with Crippen molar-refractivity contribution in [2.75, 3.05) is 20.8 Å². The summed E-state index contributed by atoms with van der Waals surface area (Å²) < 4.78 is 21.5. The normalized spacial score (nSPS) is 11.4. The summed E-state index contributed by atoms with van der Waals surface area (Å²) in [4.78, 5) is 16.0. The van der Waals surface area contributed by atoms with Gasteiger partial charge in [0.25, 0.3) is 0 Å². The SMILES string of the molecule is COC(=O)c1ccc(OCC(O)c2ccc(OC)nc2)c(OCc2ccccc2)c1. The van der Waals surface area contributed by atoms with Gasteiger partial charge in [0.05, 0.1) is 19.8 Å². The third-order valence-corrected chi connectivity index (χ3v) is 4.35. The Balaban J connectivity index is 1.73. The van der Waals surface area contributed by atoms with Crippen LogP contribution in [0.4, 0.5) is 0 Å². The van der Waals surface area contributed by atoms with Gasteiger partial charge in [-0.2, -0.15) is 0 Å². The maximum Gasteiger partial charge on any atom is 0.337 e. The van der Waals surface area contributed by atoms with Crippen LogP contribution in [-0.2, 0) is 11.3 Å². The molecule has 1 atom stereocenters. The monoisotopic (exact) mass is 409 g/mol. The van der Waals surface area contributed by atoms with Crippen LogP contribution in [-0.4, -0.2) is 36.9 Å². The van der Waals surface area contributed by atoms with Gasteiger partial charge in [-0.25, -0.2) is 9.78 Å². The highest BCUT2D eigenvalue weighted by atomic mass is 16.5. The van der Waals surface area contributed by atoms with Crippen molar-refractivity contribution >= 4 is 5.97 Å². The molecule has 1 aromatic heterocycles. The van der Waals surface area contributed by atoms with E-state index in [0.717, 1.165) is 5.56 Å². The molecule has 0 saturated heterocycles. The van der Waals surface area contributed by atoms with E-state index in [9.17, 15) is 9.90 Å². The van der Waals surface area contributed by atoms with Crippen LogP contribution in [0.3, 0.4) is 0 Å². The summed E-state index contributed by atoms with van der Waals surface area (Å²) in [5, 5.41) is 10.4. The van der Waals surface area contributed by atoms with E-state index in [0.29, 0.717) is 35.1 Å². The molecule has 156 valence electrons. The first-order chi connectivity index (χ1) is 14.6. The Morgan fingerprint density at radius 2 is 1.80 bits per heavy atom. The van der Waals surface area contributed by atoms with Gasteiger partial charge in [0, 0.05) is 17.8 Å². The number of aliphatic hydroxyl groups excluding tert-OH is 1. The maximum absolute atomic E-state index is 11.9. The molecule has 3 aromatic rings. The summed E-state index contributed by atoms with van der Waals surface area (Å²) >= 11 is 0. The molecular formula is C23H23NO6. The number of carbonyl (C=O) groups is 1. The van der Waals surface area contributed by atoms with Crippen molar-refractivity contribution in [2.45, 2.75) is 12.7 Å². The number of carbonyl (C=O) groups excluding carboxylic acids is 1. The lowest BCUT2D eigenvalue weighted by Gasteiger charge is -2.16. The summed E-state index contributed by atoms with van der Waals surface area (Å²) in [6.45, 7) is 0.278. The topological polar surface area (TPSA) is 87.1 Å². The summed E-state index contributed by atoms with van der Waals surface area (Å²) in [6, 6.07) is 17.8. The fourth-order valence-corrected chi connectivity index (χ4v) is 2.69. The van der Waals surface area contributed by atoms with E-state index in [4.69, 9.17) is 18.9 Å². The van der Waals surface area contributed by atoms with E-state index in [1.54, 1.807) is 30.3 Å². The number of benzene rings is 2. The summed E-state index contributed by atoms with van der Waals surface area (Å²) in [5.74, 6) is 0.762. The Morgan fingerprint density at radius 3 is 2.47 bits per heavy atom. The van der Waals surface area contributed by atoms with Gasteiger partial charge in [-0.3, -0.25) is 0 Å². The van der Waals surface area contributed by atoms with Crippen LogP contribution in [0.5, 0.6) is 17.4 Å². The van der Waals surface area contributed by atoms with Crippen molar-refractivity contribution < 1.29 is 28.8 Å². The van der Waals surface area contributed by atoms with Gasteiger partial charge in [0.15, 0.2) is 11.5 Å². The van der Waals surface area contributed by atoms with Crippen molar-refractivity contribution in [3.05, 3.63) is 83.6 Å². The Labute approximate surface area is 174 Å². The molecule has 3 rings (SSSR count). The largest absolute Gasteiger partial charge is 0.487 e. The van der Waals surface area contributed by atoms with Gasteiger partial charge >= 0.3 is 5.97 Å². The second-order valence-electron chi connectivity index (χ2n) is 6.39. The molecule has 0 amide bonds. The van der Waals surface area contributed by atoms with E-state index in [-0.39, 0.29) is 6.61 Å². The maximum atomic E-state index is 11.9. The number of nitrogens with zero attached hydrogens (tertiary/aromatic N) is 1. The zero-order valence-corrected chi connectivity index (χ0v) is 16.8. The van der Waals surface area contributed by atoms with Crippen LogP contribution < -0.4 is 14.2 Å². The third kappa shape index (κ3) is 5.48. The van der Waals surface area contributed by atoms with Crippen LogP contribution >= 0.6 is 0 Å². The van der Waals surface area contributed by atoms with Crippen molar-refractivity contribution in [3.8, 4) is 17.4 Å². The van der Waals surface area contributed by atoms with Crippen LogP contribution in [0.15, 0.2) is 66.9 Å². The quantitative estimate of drug-likeness (QED) is 0.541. The standard InChI is InChI=1S/C23H23NO6/c1-27-22-11-9-18(13-24-22)19(25)15-30-20-10-8-17(23(26)28-2)12-21(20)29-14-16-6-4-3-5-7-16/h3-13,19,25H,14-15H2,1-2H3. The van der Waals surface area contributed by atoms with Crippen molar-refractivity contribution in [2.24, 2.45) is 0 Å². The lowest BCUT2D eigenvalue weighted by Crippen LogP contribution is -2.11. The summed E-state index contributed by atoms with van der Waals surface area (Å²) in [6.07, 6.45) is 0.630. The lowest BCUT2D eigenvalue weighted by atomic mass is 10.1. The molecule has 0 aliphatic carbocycles. The third-order valence-electron chi connectivity index (χ3n) is 4.35. The number of esters is 1. The molecule has 0 aliphatic rings. The van der Waals surface area contributed by atoms with Gasteiger partial charge in [-0.15, -0.1) is 0 Å². The molecule has 0 radical (unpaired) electrons. The minimum absolute atomic E-state index is 0.0206. The number of rotatable bonds is 9. The molecule has 0 saturated carbocycles. The number of aromatic nitrogens is 1. The molecular weight excluding hydrogens is 386 g/mol. The van der Waals surface area contributed by atoms with E-state index < -0.39 is 12.1 Å². The first kappa shape index (κ1) is 21.1. The van der Waals surface area contributed by atoms with Gasteiger partial charge < -0.3 is 24.1 Å². The van der Waals surface area contributed by atoms with Crippen LogP contribution in [0, 0.1) is 0 Å². The number of hydrogen-bond donors (Lipinski definition) is 1. The number of aliphatic hydroxyl groups is 1. The van der Waals surface area contributed by atoms with Crippen LogP contribution in [0.2, 0.25) is 0 Å². The molecule has 1 heterocycles. The lowest BCUT2D eigenvalue weighted by molar-refractivity contribution is 0.0599. The second-order valence-corrected chi connectivity index (χ2v) is 6.39. The molecule has 0 bridgehead atoms. The molecule has 1 unspecified atom stereocenters. The van der Waals surface area contributed by atoms with Gasteiger partial charge in [0.1, 0.15) is 19.3 Å². The van der Waals surface area contributed by atoms with E-state index in [2.05, 4.69) is 4.98 Å². The molecule has 0 aliphatic heterocycles. The average Bonchev–Trinajstić information content (AvgIpc) is 2.81. The molecule has 0 spiro atoms. The predicted octanol–water partition coefficient (Wildman–Crippen LogP) is 3.57. The van der Waals surface area contributed by atoms with E-state index >= 15 is 0 Å². The highest BCUT2D eigenvalue weighted by Crippen LogP contribution is 2.30. The number of methoxy groups -OCH3 is 2. The number of hydrogen-bond acceptors (Lipinski definition) is 7. The van der Waals surface area contributed by atoms with E-state index in [1.807, 2.05) is 30.3 Å². The molecule has 2 aromatic carbocycles. The van der Waals surface area contributed by atoms with E-state index in [1.165, 1.54) is 20.4 Å². The van der Waals surface area contributed by atoms with Gasteiger partial charge in [-0.05, 0) is 29.8 Å². The fraction of sp³-hybridized carbons (Fsp3) is 0.217. The number of pyridine rings is 1. The Morgan fingerprint density at radius 1 is 1.00 bits per heavy atom. The number of ether oxygens (including phenoxy) is 4. The average molecular weight is 409 g/mol. The van der Waals surface area contributed by atoms with Crippen LogP contribution in [0.25, 0.3) is 0 Å². The molecule has 0 fully saturated rings. The first-order valence-corrected chi connectivity index (χ1v) is 9.30. The Hall–Kier alpha value is -3.58. The Bertz CT molecular complexity index is 959. The fourth-order valence-electron chi connectivity index (χ4n) is 2.69. The zero-order valence-electron chi connectivity index (χ0n) is 16.8. The molecule has 1 N–H and O–H groups in total.